The maximum atomic E-state index is 12.6. The minimum Gasteiger partial charge on any atom is -0.454 e. The highest BCUT2D eigenvalue weighted by Crippen LogP contribution is 2.36. The lowest BCUT2D eigenvalue weighted by atomic mass is 10.0. The Balaban J connectivity index is 1.39. The number of ether oxygens (including phenoxy) is 2. The number of thioether (sulfide) groups is 1. The molecule has 0 unspecified atom stereocenters. The van der Waals surface area contributed by atoms with E-state index in [0.29, 0.717) is 5.25 Å². The number of rotatable bonds is 3. The summed E-state index contributed by atoms with van der Waals surface area (Å²) in [5, 5.41) is 0.460. The van der Waals surface area contributed by atoms with Crippen LogP contribution in [0.25, 0.3) is 6.08 Å². The van der Waals surface area contributed by atoms with E-state index in [4.69, 9.17) is 9.47 Å². The van der Waals surface area contributed by atoms with Crippen molar-refractivity contribution in [1.82, 2.24) is 4.90 Å². The second kappa shape index (κ2) is 8.09. The van der Waals surface area contributed by atoms with Crippen molar-refractivity contribution in [1.29, 1.82) is 0 Å². The van der Waals surface area contributed by atoms with Crippen molar-refractivity contribution in [2.24, 2.45) is 0 Å². The summed E-state index contributed by atoms with van der Waals surface area (Å²) in [4.78, 5) is 14.6. The first-order chi connectivity index (χ1) is 13.2. The van der Waals surface area contributed by atoms with E-state index >= 15 is 0 Å². The number of hydrogen-bond donors (Lipinski definition) is 0. The molecule has 2 aliphatic heterocycles. The quantitative estimate of drug-likeness (QED) is 0.737. The van der Waals surface area contributed by atoms with Gasteiger partial charge in [0.1, 0.15) is 0 Å². The SMILES string of the molecule is Cc1ccccc1[C@H]1CCN(C(=O)/C=C/c2ccc3c(c2)OCO3)CCS1. The third-order valence-corrected chi connectivity index (χ3v) is 6.31. The van der Waals surface area contributed by atoms with Gasteiger partial charge in [-0.2, -0.15) is 11.8 Å². The van der Waals surface area contributed by atoms with Crippen molar-refractivity contribution in [2.75, 3.05) is 25.6 Å². The first-order valence-corrected chi connectivity index (χ1v) is 10.3. The van der Waals surface area contributed by atoms with Crippen LogP contribution in [0.3, 0.4) is 0 Å². The molecule has 4 nitrogen and oxygen atoms in total. The zero-order valence-corrected chi connectivity index (χ0v) is 16.2. The molecule has 2 aromatic rings. The average Bonchev–Trinajstić information content (AvgIpc) is 3.01. The third-order valence-electron chi connectivity index (χ3n) is 5.00. The Kier molecular flexibility index (Phi) is 5.39. The Morgan fingerprint density at radius 1 is 1.15 bits per heavy atom. The highest BCUT2D eigenvalue weighted by atomic mass is 32.2. The summed E-state index contributed by atoms with van der Waals surface area (Å²) in [6.45, 7) is 4.00. The molecule has 2 aromatic carbocycles. The summed E-state index contributed by atoms with van der Waals surface area (Å²) in [7, 11) is 0. The smallest absolute Gasteiger partial charge is 0.246 e. The first kappa shape index (κ1) is 18.0. The van der Waals surface area contributed by atoms with E-state index in [1.54, 1.807) is 6.08 Å². The molecule has 0 bridgehead atoms. The van der Waals surface area contributed by atoms with Crippen LogP contribution in [-0.2, 0) is 4.79 Å². The molecule has 0 radical (unpaired) electrons. The molecule has 0 aromatic heterocycles. The molecule has 140 valence electrons. The lowest BCUT2D eigenvalue weighted by Crippen LogP contribution is -2.31. The Hall–Kier alpha value is -2.40. The molecule has 27 heavy (non-hydrogen) atoms. The van der Waals surface area contributed by atoms with E-state index < -0.39 is 0 Å². The maximum Gasteiger partial charge on any atom is 0.246 e. The predicted octanol–water partition coefficient (Wildman–Crippen LogP) is 4.44. The van der Waals surface area contributed by atoms with Crippen LogP contribution >= 0.6 is 11.8 Å². The Morgan fingerprint density at radius 3 is 2.89 bits per heavy atom. The number of carbonyl (C=O) groups excluding carboxylic acids is 1. The Labute approximate surface area is 164 Å². The molecule has 2 heterocycles. The van der Waals surface area contributed by atoms with Gasteiger partial charge in [0, 0.05) is 30.2 Å². The number of nitrogens with zero attached hydrogens (tertiary/aromatic N) is 1. The van der Waals surface area contributed by atoms with Crippen molar-refractivity contribution < 1.29 is 14.3 Å². The fourth-order valence-corrected chi connectivity index (χ4v) is 4.80. The van der Waals surface area contributed by atoms with E-state index in [1.165, 1.54) is 11.1 Å². The van der Waals surface area contributed by atoms with Crippen LogP contribution in [0.5, 0.6) is 11.5 Å². The second-order valence-electron chi connectivity index (χ2n) is 6.78. The van der Waals surface area contributed by atoms with Crippen molar-refractivity contribution in [2.45, 2.75) is 18.6 Å². The van der Waals surface area contributed by atoms with Crippen LogP contribution in [0.1, 0.15) is 28.4 Å². The molecule has 5 heteroatoms. The van der Waals surface area contributed by atoms with E-state index in [1.807, 2.05) is 40.9 Å². The Bertz CT molecular complexity index is 864. The van der Waals surface area contributed by atoms with E-state index in [9.17, 15) is 4.79 Å². The number of aryl methyl sites for hydroxylation is 1. The number of fused-ring (bicyclic) bond motifs is 1. The first-order valence-electron chi connectivity index (χ1n) is 9.24. The summed E-state index contributed by atoms with van der Waals surface area (Å²) < 4.78 is 10.7. The monoisotopic (exact) mass is 381 g/mol. The van der Waals surface area contributed by atoms with Crippen LogP contribution in [0.4, 0.5) is 0 Å². The van der Waals surface area contributed by atoms with E-state index in [0.717, 1.165) is 42.3 Å². The highest BCUT2D eigenvalue weighted by Gasteiger charge is 2.22. The molecule has 1 amide bonds. The molecule has 0 aliphatic carbocycles. The fraction of sp³-hybridized carbons (Fsp3) is 0.318. The summed E-state index contributed by atoms with van der Waals surface area (Å²) in [6, 6.07) is 14.3. The van der Waals surface area contributed by atoms with Crippen LogP contribution in [0.2, 0.25) is 0 Å². The van der Waals surface area contributed by atoms with Gasteiger partial charge in [-0.1, -0.05) is 30.3 Å². The van der Waals surface area contributed by atoms with Gasteiger partial charge in [0.25, 0.3) is 0 Å². The number of hydrogen-bond acceptors (Lipinski definition) is 4. The van der Waals surface area contributed by atoms with Gasteiger partial charge in [-0.05, 0) is 48.2 Å². The molecule has 0 spiro atoms. The maximum absolute atomic E-state index is 12.6. The molecule has 0 N–H and O–H groups in total. The lowest BCUT2D eigenvalue weighted by Gasteiger charge is -2.19. The lowest BCUT2D eigenvalue weighted by molar-refractivity contribution is -0.125. The zero-order chi connectivity index (χ0) is 18.6. The summed E-state index contributed by atoms with van der Waals surface area (Å²) in [5.41, 5.74) is 3.67. The van der Waals surface area contributed by atoms with Gasteiger partial charge in [0.2, 0.25) is 12.7 Å². The topological polar surface area (TPSA) is 38.8 Å². The molecule has 1 atom stereocenters. The van der Waals surface area contributed by atoms with Gasteiger partial charge in [0.15, 0.2) is 11.5 Å². The van der Waals surface area contributed by atoms with Crippen molar-refractivity contribution in [3.63, 3.8) is 0 Å². The molecular weight excluding hydrogens is 358 g/mol. The van der Waals surface area contributed by atoms with Gasteiger partial charge in [-0.3, -0.25) is 4.79 Å². The minimum atomic E-state index is 0.0682. The minimum absolute atomic E-state index is 0.0682. The van der Waals surface area contributed by atoms with Gasteiger partial charge in [0.05, 0.1) is 0 Å². The summed E-state index contributed by atoms with van der Waals surface area (Å²) in [6.07, 6.45) is 4.50. The van der Waals surface area contributed by atoms with Gasteiger partial charge in [-0.15, -0.1) is 0 Å². The van der Waals surface area contributed by atoms with Crippen LogP contribution in [0, 0.1) is 6.92 Å². The molecule has 1 fully saturated rings. The third kappa shape index (κ3) is 4.14. The molecule has 0 saturated carbocycles. The molecule has 2 aliphatic rings. The van der Waals surface area contributed by atoms with E-state index in [-0.39, 0.29) is 12.7 Å². The van der Waals surface area contributed by atoms with Crippen molar-refractivity contribution in [3.05, 3.63) is 65.2 Å². The predicted molar refractivity (Wildman–Crippen MR) is 109 cm³/mol. The van der Waals surface area contributed by atoms with Crippen molar-refractivity contribution in [3.8, 4) is 11.5 Å². The van der Waals surface area contributed by atoms with Crippen LogP contribution in [-0.4, -0.2) is 36.4 Å². The number of benzene rings is 2. The second-order valence-corrected chi connectivity index (χ2v) is 8.09. The highest BCUT2D eigenvalue weighted by molar-refractivity contribution is 7.99. The number of amides is 1. The molecular formula is C22H23NO3S. The fourth-order valence-electron chi connectivity index (χ4n) is 3.48. The van der Waals surface area contributed by atoms with Crippen LogP contribution in [0.15, 0.2) is 48.5 Å². The normalized spacial score (nSPS) is 19.3. The largest absolute Gasteiger partial charge is 0.454 e. The van der Waals surface area contributed by atoms with Crippen molar-refractivity contribution >= 4 is 23.7 Å². The van der Waals surface area contributed by atoms with E-state index in [2.05, 4.69) is 31.2 Å². The number of carbonyl (C=O) groups is 1. The average molecular weight is 381 g/mol. The van der Waals surface area contributed by atoms with Gasteiger partial charge in [-0.25, -0.2) is 0 Å². The van der Waals surface area contributed by atoms with Gasteiger partial charge < -0.3 is 14.4 Å². The zero-order valence-electron chi connectivity index (χ0n) is 15.4. The standard InChI is InChI=1S/C22H23NO3S/c1-16-4-2-3-5-18(16)21-10-11-23(12-13-27-21)22(24)9-7-17-6-8-19-20(14-17)26-15-25-19/h2-9,14,21H,10-13,15H2,1H3/b9-7+/t21-/m1/s1. The molecule has 4 rings (SSSR count). The molecule has 1 saturated heterocycles. The Morgan fingerprint density at radius 2 is 2.00 bits per heavy atom. The summed E-state index contributed by atoms with van der Waals surface area (Å²) >= 11 is 1.95. The van der Waals surface area contributed by atoms with Gasteiger partial charge >= 0.3 is 0 Å². The summed E-state index contributed by atoms with van der Waals surface area (Å²) in [5.74, 6) is 2.52. The van der Waals surface area contributed by atoms with Crippen LogP contribution < -0.4 is 9.47 Å².